The summed E-state index contributed by atoms with van der Waals surface area (Å²) < 4.78 is 0. The molecule has 20 heavy (non-hydrogen) atoms. The van der Waals surface area contributed by atoms with Gasteiger partial charge in [0.25, 0.3) is 0 Å². The fourth-order valence-corrected chi connectivity index (χ4v) is 3.30. The third kappa shape index (κ3) is 2.74. The van der Waals surface area contributed by atoms with Gasteiger partial charge in [0.05, 0.1) is 5.52 Å². The maximum absolute atomic E-state index is 6.05. The monoisotopic (exact) mass is 289 g/mol. The topological polar surface area (TPSA) is 42.1 Å². The summed E-state index contributed by atoms with van der Waals surface area (Å²) in [5, 5.41) is 1.92. The number of anilines is 1. The maximum atomic E-state index is 6.05. The van der Waals surface area contributed by atoms with Crippen LogP contribution in [0.2, 0.25) is 5.02 Å². The Bertz CT molecular complexity index is 597. The van der Waals surface area contributed by atoms with Crippen molar-refractivity contribution in [3.8, 4) is 0 Å². The summed E-state index contributed by atoms with van der Waals surface area (Å²) in [7, 11) is 0. The van der Waals surface area contributed by atoms with Crippen molar-refractivity contribution >= 4 is 28.2 Å². The van der Waals surface area contributed by atoms with Gasteiger partial charge in [0, 0.05) is 35.4 Å². The average Bonchev–Trinajstić information content (AvgIpc) is 2.47. The van der Waals surface area contributed by atoms with Crippen molar-refractivity contribution in [2.24, 2.45) is 11.7 Å². The van der Waals surface area contributed by atoms with E-state index in [0.717, 1.165) is 36.6 Å². The number of piperidine rings is 1. The second-order valence-electron chi connectivity index (χ2n) is 5.52. The van der Waals surface area contributed by atoms with E-state index in [2.05, 4.69) is 22.0 Å². The predicted octanol–water partition coefficient (Wildman–Crippen LogP) is 3.45. The highest BCUT2D eigenvalue weighted by Crippen LogP contribution is 2.31. The van der Waals surface area contributed by atoms with Gasteiger partial charge < -0.3 is 10.6 Å². The Morgan fingerprint density at radius 1 is 1.35 bits per heavy atom. The molecule has 3 nitrogen and oxygen atoms in total. The molecule has 1 fully saturated rings. The molecule has 0 spiro atoms. The zero-order chi connectivity index (χ0) is 13.9. The highest BCUT2D eigenvalue weighted by molar-refractivity contribution is 6.31. The highest BCUT2D eigenvalue weighted by atomic mass is 35.5. The molecule has 1 aliphatic rings. The molecular weight excluding hydrogens is 270 g/mol. The van der Waals surface area contributed by atoms with Gasteiger partial charge in [-0.15, -0.1) is 0 Å². The lowest BCUT2D eigenvalue weighted by Gasteiger charge is -2.35. The summed E-state index contributed by atoms with van der Waals surface area (Å²) in [4.78, 5) is 6.90. The lowest BCUT2D eigenvalue weighted by atomic mass is 9.94. The second-order valence-corrected chi connectivity index (χ2v) is 5.96. The molecule has 0 aliphatic carbocycles. The number of halogens is 1. The quantitative estimate of drug-likeness (QED) is 0.941. The van der Waals surface area contributed by atoms with E-state index < -0.39 is 0 Å². The Hall–Kier alpha value is -1.32. The van der Waals surface area contributed by atoms with Crippen LogP contribution in [0.4, 0.5) is 5.69 Å². The Labute approximate surface area is 124 Å². The number of nitrogens with two attached hydrogens (primary N) is 1. The summed E-state index contributed by atoms with van der Waals surface area (Å²) in [6.45, 7) is 2.99. The molecule has 0 bridgehead atoms. The molecule has 1 aromatic heterocycles. The molecule has 2 N–H and O–H groups in total. The van der Waals surface area contributed by atoms with Gasteiger partial charge in [0.1, 0.15) is 0 Å². The van der Waals surface area contributed by atoms with E-state index in [9.17, 15) is 0 Å². The Morgan fingerprint density at radius 2 is 2.25 bits per heavy atom. The molecule has 0 radical (unpaired) electrons. The number of aromatic nitrogens is 1. The van der Waals surface area contributed by atoms with E-state index in [1.165, 1.54) is 23.9 Å². The first-order chi connectivity index (χ1) is 9.78. The van der Waals surface area contributed by atoms with Crippen molar-refractivity contribution in [1.29, 1.82) is 0 Å². The van der Waals surface area contributed by atoms with Gasteiger partial charge in [-0.05, 0) is 56.0 Å². The van der Waals surface area contributed by atoms with Crippen molar-refractivity contribution in [1.82, 2.24) is 4.98 Å². The SMILES string of the molecule is NCCC1CCCN(c2ccnc3cc(Cl)ccc23)C1. The highest BCUT2D eigenvalue weighted by Gasteiger charge is 2.20. The molecule has 1 saturated heterocycles. The molecule has 1 aromatic carbocycles. The smallest absolute Gasteiger partial charge is 0.0737 e. The molecule has 4 heteroatoms. The van der Waals surface area contributed by atoms with Crippen molar-refractivity contribution < 1.29 is 0 Å². The summed E-state index contributed by atoms with van der Waals surface area (Å²) in [6, 6.07) is 8.06. The lowest BCUT2D eigenvalue weighted by Crippen LogP contribution is -2.36. The first-order valence-electron chi connectivity index (χ1n) is 7.27. The second kappa shape index (κ2) is 5.98. The standard InChI is InChI=1S/C16H20ClN3/c17-13-3-4-14-15(10-13)19-8-6-16(14)20-9-1-2-12(11-20)5-7-18/h3-4,6,8,10,12H,1-2,5,7,9,11,18H2. The zero-order valence-electron chi connectivity index (χ0n) is 11.6. The van der Waals surface area contributed by atoms with Crippen molar-refractivity contribution in [3.05, 3.63) is 35.5 Å². The number of fused-ring (bicyclic) bond motifs is 1. The summed E-state index contributed by atoms with van der Waals surface area (Å²) >= 11 is 6.05. The van der Waals surface area contributed by atoms with Crippen LogP contribution in [-0.4, -0.2) is 24.6 Å². The average molecular weight is 290 g/mol. The molecule has 106 valence electrons. The summed E-state index contributed by atoms with van der Waals surface area (Å²) in [5.41, 5.74) is 7.95. The Balaban J connectivity index is 1.93. The van der Waals surface area contributed by atoms with Crippen LogP contribution in [0.1, 0.15) is 19.3 Å². The number of hydrogen-bond donors (Lipinski definition) is 1. The van der Waals surface area contributed by atoms with Crippen molar-refractivity contribution in [3.63, 3.8) is 0 Å². The molecule has 1 atom stereocenters. The van der Waals surface area contributed by atoms with Crippen LogP contribution >= 0.6 is 11.6 Å². The molecule has 2 aromatic rings. The largest absolute Gasteiger partial charge is 0.371 e. The van der Waals surface area contributed by atoms with E-state index in [-0.39, 0.29) is 0 Å². The molecule has 1 unspecified atom stereocenters. The minimum absolute atomic E-state index is 0.712. The van der Waals surface area contributed by atoms with E-state index in [1.807, 2.05) is 18.3 Å². The minimum Gasteiger partial charge on any atom is -0.371 e. The van der Waals surface area contributed by atoms with E-state index in [0.29, 0.717) is 5.92 Å². The third-order valence-electron chi connectivity index (χ3n) is 4.12. The zero-order valence-corrected chi connectivity index (χ0v) is 12.3. The van der Waals surface area contributed by atoms with Crippen LogP contribution in [0.25, 0.3) is 10.9 Å². The van der Waals surface area contributed by atoms with Gasteiger partial charge in [-0.2, -0.15) is 0 Å². The van der Waals surface area contributed by atoms with Crippen LogP contribution in [0, 0.1) is 5.92 Å². The molecular formula is C16H20ClN3. The van der Waals surface area contributed by atoms with Gasteiger partial charge in [0.15, 0.2) is 0 Å². The molecule has 2 heterocycles. The van der Waals surface area contributed by atoms with Crippen LogP contribution in [0.15, 0.2) is 30.5 Å². The van der Waals surface area contributed by atoms with Gasteiger partial charge >= 0.3 is 0 Å². The van der Waals surface area contributed by atoms with Crippen molar-refractivity contribution in [2.75, 3.05) is 24.5 Å². The van der Waals surface area contributed by atoms with Crippen molar-refractivity contribution in [2.45, 2.75) is 19.3 Å². The predicted molar refractivity (Wildman–Crippen MR) is 85.4 cm³/mol. The van der Waals surface area contributed by atoms with Crippen LogP contribution < -0.4 is 10.6 Å². The number of pyridine rings is 1. The number of benzene rings is 1. The van der Waals surface area contributed by atoms with E-state index in [1.54, 1.807) is 0 Å². The lowest BCUT2D eigenvalue weighted by molar-refractivity contribution is 0.396. The van der Waals surface area contributed by atoms with Gasteiger partial charge in [-0.3, -0.25) is 4.98 Å². The Kier molecular flexibility index (Phi) is 4.08. The van der Waals surface area contributed by atoms with Gasteiger partial charge in [-0.25, -0.2) is 0 Å². The number of nitrogens with zero attached hydrogens (tertiary/aromatic N) is 2. The molecule has 0 amide bonds. The molecule has 0 saturated carbocycles. The number of hydrogen-bond acceptors (Lipinski definition) is 3. The summed E-state index contributed by atoms with van der Waals surface area (Å²) in [6.07, 6.45) is 5.52. The van der Waals surface area contributed by atoms with Gasteiger partial charge in [-0.1, -0.05) is 11.6 Å². The fraction of sp³-hybridized carbons (Fsp3) is 0.438. The normalized spacial score (nSPS) is 19.5. The van der Waals surface area contributed by atoms with Crippen LogP contribution in [0.5, 0.6) is 0 Å². The molecule has 3 rings (SSSR count). The van der Waals surface area contributed by atoms with Crippen LogP contribution in [0.3, 0.4) is 0 Å². The first-order valence-corrected chi connectivity index (χ1v) is 7.65. The van der Waals surface area contributed by atoms with E-state index >= 15 is 0 Å². The summed E-state index contributed by atoms with van der Waals surface area (Å²) in [5.74, 6) is 0.712. The maximum Gasteiger partial charge on any atom is 0.0737 e. The molecule has 1 aliphatic heterocycles. The van der Waals surface area contributed by atoms with Crippen LogP contribution in [-0.2, 0) is 0 Å². The number of rotatable bonds is 3. The minimum atomic E-state index is 0.712. The van der Waals surface area contributed by atoms with Gasteiger partial charge in [0.2, 0.25) is 0 Å². The van der Waals surface area contributed by atoms with E-state index in [4.69, 9.17) is 17.3 Å². The fourth-order valence-electron chi connectivity index (χ4n) is 3.14. The first kappa shape index (κ1) is 13.7. The third-order valence-corrected chi connectivity index (χ3v) is 4.35. The Morgan fingerprint density at radius 3 is 3.10 bits per heavy atom.